The SMILES string of the molecule is CNc1c([N+](=O)[O-])cc(C(=O)NO)cc1[N+](=O)[O-]. The monoisotopic (exact) mass is 256 g/mol. The van der Waals surface area contributed by atoms with Crippen LogP contribution in [0.2, 0.25) is 0 Å². The number of anilines is 1. The summed E-state index contributed by atoms with van der Waals surface area (Å²) in [6.45, 7) is 0. The standard InChI is InChI=1S/C8H8N4O6/c1-9-7-5(11(15)16)2-4(8(13)10-14)3-6(7)12(17)18/h2-3,9,14H,1H3,(H,10,13). The molecule has 0 bridgehead atoms. The van der Waals surface area contributed by atoms with Crippen molar-refractivity contribution in [2.24, 2.45) is 0 Å². The Balaban J connectivity index is 3.58. The lowest BCUT2D eigenvalue weighted by atomic mass is 10.1. The van der Waals surface area contributed by atoms with Crippen molar-refractivity contribution in [3.8, 4) is 0 Å². The van der Waals surface area contributed by atoms with Gasteiger partial charge in [0.25, 0.3) is 17.3 Å². The van der Waals surface area contributed by atoms with Crippen molar-refractivity contribution in [3.05, 3.63) is 37.9 Å². The topological polar surface area (TPSA) is 148 Å². The molecule has 18 heavy (non-hydrogen) atoms. The molecule has 0 spiro atoms. The summed E-state index contributed by atoms with van der Waals surface area (Å²) in [6, 6.07) is 1.65. The maximum Gasteiger partial charge on any atom is 0.300 e. The van der Waals surface area contributed by atoms with Crippen LogP contribution in [0.5, 0.6) is 0 Å². The van der Waals surface area contributed by atoms with Crippen LogP contribution < -0.4 is 10.8 Å². The van der Waals surface area contributed by atoms with Gasteiger partial charge in [0.15, 0.2) is 5.69 Å². The van der Waals surface area contributed by atoms with Crippen molar-refractivity contribution >= 4 is 23.0 Å². The fourth-order valence-electron chi connectivity index (χ4n) is 1.35. The minimum atomic E-state index is -1.08. The van der Waals surface area contributed by atoms with Gasteiger partial charge in [0.05, 0.1) is 15.4 Å². The Hall–Kier alpha value is -2.75. The molecule has 1 aromatic rings. The fraction of sp³-hybridized carbons (Fsp3) is 0.125. The molecule has 10 nitrogen and oxygen atoms in total. The number of hydrogen-bond acceptors (Lipinski definition) is 7. The quantitative estimate of drug-likeness (QED) is 0.407. The first-order chi connectivity index (χ1) is 8.42. The fourth-order valence-corrected chi connectivity index (χ4v) is 1.35. The van der Waals surface area contributed by atoms with Crippen LogP contribution in [-0.4, -0.2) is 28.0 Å². The number of hydroxylamine groups is 1. The molecule has 0 saturated heterocycles. The summed E-state index contributed by atoms with van der Waals surface area (Å²) in [5.41, 5.74) is -0.735. The number of nitro benzene ring substituents is 2. The molecular formula is C8H8N4O6. The predicted octanol–water partition coefficient (Wildman–Crippen LogP) is 0.664. The first-order valence-electron chi connectivity index (χ1n) is 4.51. The highest BCUT2D eigenvalue weighted by Crippen LogP contribution is 2.35. The minimum absolute atomic E-state index is 0.320. The van der Waals surface area contributed by atoms with E-state index in [4.69, 9.17) is 5.21 Å². The van der Waals surface area contributed by atoms with E-state index in [9.17, 15) is 25.0 Å². The van der Waals surface area contributed by atoms with Crippen molar-refractivity contribution < 1.29 is 19.8 Å². The van der Waals surface area contributed by atoms with Gasteiger partial charge in [0.2, 0.25) is 0 Å². The van der Waals surface area contributed by atoms with Crippen molar-refractivity contribution in [3.63, 3.8) is 0 Å². The van der Waals surface area contributed by atoms with Crippen LogP contribution in [0.25, 0.3) is 0 Å². The van der Waals surface area contributed by atoms with Gasteiger partial charge >= 0.3 is 0 Å². The van der Waals surface area contributed by atoms with Gasteiger partial charge in [-0.1, -0.05) is 0 Å². The summed E-state index contributed by atoms with van der Waals surface area (Å²) in [7, 11) is 1.28. The van der Waals surface area contributed by atoms with E-state index in [0.29, 0.717) is 0 Å². The molecule has 96 valence electrons. The van der Waals surface area contributed by atoms with Crippen LogP contribution in [0.15, 0.2) is 12.1 Å². The van der Waals surface area contributed by atoms with Crippen molar-refractivity contribution in [1.29, 1.82) is 0 Å². The third kappa shape index (κ3) is 2.32. The second kappa shape index (κ2) is 5.05. The largest absolute Gasteiger partial charge is 0.377 e. The number of carbonyl (C=O) groups excluding carboxylic acids is 1. The lowest BCUT2D eigenvalue weighted by Gasteiger charge is -2.05. The molecule has 10 heteroatoms. The lowest BCUT2D eigenvalue weighted by molar-refractivity contribution is -0.392. The maximum absolute atomic E-state index is 11.1. The molecule has 3 N–H and O–H groups in total. The molecule has 1 rings (SSSR count). The first kappa shape index (κ1) is 13.3. The number of amides is 1. The Morgan fingerprint density at radius 1 is 1.22 bits per heavy atom. The smallest absolute Gasteiger partial charge is 0.300 e. The minimum Gasteiger partial charge on any atom is -0.377 e. The number of nitrogens with one attached hydrogen (secondary N) is 2. The van der Waals surface area contributed by atoms with E-state index in [1.54, 1.807) is 0 Å². The highest BCUT2D eigenvalue weighted by atomic mass is 16.6. The van der Waals surface area contributed by atoms with E-state index in [-0.39, 0.29) is 5.69 Å². The molecule has 0 heterocycles. The normalized spacial score (nSPS) is 9.67. The zero-order valence-electron chi connectivity index (χ0n) is 9.04. The molecular weight excluding hydrogens is 248 g/mol. The van der Waals surface area contributed by atoms with Gasteiger partial charge in [-0.25, -0.2) is 5.48 Å². The highest BCUT2D eigenvalue weighted by Gasteiger charge is 2.27. The summed E-state index contributed by atoms with van der Waals surface area (Å²) in [6.07, 6.45) is 0. The predicted molar refractivity (Wildman–Crippen MR) is 58.6 cm³/mol. The first-order valence-corrected chi connectivity index (χ1v) is 4.51. The molecule has 0 aliphatic heterocycles. The molecule has 1 amide bonds. The summed E-state index contributed by atoms with van der Waals surface area (Å²) >= 11 is 0. The second-order valence-corrected chi connectivity index (χ2v) is 3.09. The van der Waals surface area contributed by atoms with Crippen LogP contribution in [0.3, 0.4) is 0 Å². The van der Waals surface area contributed by atoms with Gasteiger partial charge < -0.3 is 5.32 Å². The number of hydrogen-bond donors (Lipinski definition) is 3. The van der Waals surface area contributed by atoms with E-state index in [2.05, 4.69) is 5.32 Å². The molecule has 0 aliphatic carbocycles. The average Bonchev–Trinajstić information content (AvgIpc) is 2.35. The van der Waals surface area contributed by atoms with Crippen LogP contribution >= 0.6 is 0 Å². The van der Waals surface area contributed by atoms with E-state index < -0.39 is 32.7 Å². The molecule has 0 aromatic heterocycles. The third-order valence-corrected chi connectivity index (χ3v) is 2.10. The van der Waals surface area contributed by atoms with Crippen molar-refractivity contribution in [1.82, 2.24) is 5.48 Å². The molecule has 0 unspecified atom stereocenters. The number of nitro groups is 2. The van der Waals surface area contributed by atoms with Gasteiger partial charge in [-0.2, -0.15) is 0 Å². The van der Waals surface area contributed by atoms with Crippen LogP contribution in [0, 0.1) is 20.2 Å². The van der Waals surface area contributed by atoms with E-state index >= 15 is 0 Å². The zero-order valence-corrected chi connectivity index (χ0v) is 9.04. The Morgan fingerprint density at radius 3 is 1.94 bits per heavy atom. The van der Waals surface area contributed by atoms with Gasteiger partial charge in [-0.15, -0.1) is 0 Å². The number of benzene rings is 1. The van der Waals surface area contributed by atoms with E-state index in [1.807, 2.05) is 0 Å². The summed E-state index contributed by atoms with van der Waals surface area (Å²) in [5.74, 6) is -1.08. The number of carbonyl (C=O) groups is 1. The van der Waals surface area contributed by atoms with Gasteiger partial charge in [-0.3, -0.25) is 30.2 Å². The zero-order chi connectivity index (χ0) is 13.9. The Bertz CT molecular complexity index is 493. The number of nitrogens with zero attached hydrogens (tertiary/aromatic N) is 2. The van der Waals surface area contributed by atoms with E-state index in [1.165, 1.54) is 12.5 Å². The van der Waals surface area contributed by atoms with Crippen molar-refractivity contribution in [2.75, 3.05) is 12.4 Å². The highest BCUT2D eigenvalue weighted by molar-refractivity contribution is 5.96. The summed E-state index contributed by atoms with van der Waals surface area (Å²) < 4.78 is 0. The third-order valence-electron chi connectivity index (χ3n) is 2.10. The molecule has 0 saturated carbocycles. The van der Waals surface area contributed by atoms with E-state index in [0.717, 1.165) is 12.1 Å². The van der Waals surface area contributed by atoms with Gasteiger partial charge in [0.1, 0.15) is 0 Å². The lowest BCUT2D eigenvalue weighted by Crippen LogP contribution is -2.19. The second-order valence-electron chi connectivity index (χ2n) is 3.09. The molecule has 0 atom stereocenters. The summed E-state index contributed by atoms with van der Waals surface area (Å²) in [4.78, 5) is 30.9. The maximum atomic E-state index is 11.1. The molecule has 1 aromatic carbocycles. The van der Waals surface area contributed by atoms with Crippen LogP contribution in [0.1, 0.15) is 10.4 Å². The molecule has 0 fully saturated rings. The Morgan fingerprint density at radius 2 is 1.67 bits per heavy atom. The van der Waals surface area contributed by atoms with Crippen LogP contribution in [-0.2, 0) is 0 Å². The Labute approximate surface area is 99.5 Å². The molecule has 0 radical (unpaired) electrons. The average molecular weight is 256 g/mol. The summed E-state index contributed by atoms with van der Waals surface area (Å²) in [5, 5.41) is 32.3. The number of rotatable bonds is 4. The molecule has 0 aliphatic rings. The van der Waals surface area contributed by atoms with Gasteiger partial charge in [0, 0.05) is 19.2 Å². The van der Waals surface area contributed by atoms with Crippen LogP contribution in [0.4, 0.5) is 17.1 Å². The van der Waals surface area contributed by atoms with Gasteiger partial charge in [-0.05, 0) is 0 Å². The Kier molecular flexibility index (Phi) is 3.74. The van der Waals surface area contributed by atoms with Crippen molar-refractivity contribution in [2.45, 2.75) is 0 Å².